The second-order valence-corrected chi connectivity index (χ2v) is 8.68. The molecule has 1 unspecified atom stereocenters. The highest BCUT2D eigenvalue weighted by molar-refractivity contribution is 6.31. The van der Waals surface area contributed by atoms with Gasteiger partial charge in [0.05, 0.1) is 11.3 Å². The van der Waals surface area contributed by atoms with Crippen molar-refractivity contribution in [3.05, 3.63) is 95.0 Å². The third-order valence-corrected chi connectivity index (χ3v) is 6.73. The molecule has 0 aliphatic carbocycles. The van der Waals surface area contributed by atoms with Crippen molar-refractivity contribution in [1.29, 1.82) is 0 Å². The van der Waals surface area contributed by atoms with Crippen LogP contribution in [0.1, 0.15) is 22.1 Å². The van der Waals surface area contributed by atoms with E-state index in [1.54, 1.807) is 0 Å². The first-order chi connectivity index (χ1) is 15.7. The smallest absolute Gasteiger partial charge is 0.255 e. The van der Waals surface area contributed by atoms with Crippen LogP contribution in [0, 0.1) is 0 Å². The molecule has 2 heterocycles. The predicted octanol–water partition coefficient (Wildman–Crippen LogP) is 4.41. The number of anilines is 2. The summed E-state index contributed by atoms with van der Waals surface area (Å²) in [5.41, 5.74) is 3.89. The number of fused-ring (bicyclic) bond motifs is 1. The maximum absolute atomic E-state index is 12.8. The number of piperazine rings is 1. The third kappa shape index (κ3) is 4.18. The van der Waals surface area contributed by atoms with Crippen molar-refractivity contribution in [1.82, 2.24) is 10.2 Å². The van der Waals surface area contributed by atoms with Crippen LogP contribution in [0.2, 0.25) is 5.02 Å². The first-order valence-electron chi connectivity index (χ1n) is 11.1. The Morgan fingerprint density at radius 1 is 0.812 bits per heavy atom. The largest absolute Gasteiger partial charge is 0.369 e. The Hall–Kier alpha value is -3.02. The molecule has 164 valence electrons. The zero-order valence-electron chi connectivity index (χ0n) is 18.0. The molecule has 1 amide bonds. The average Bonchev–Trinajstić information content (AvgIpc) is 2.85. The Morgan fingerprint density at radius 3 is 2.28 bits per heavy atom. The summed E-state index contributed by atoms with van der Waals surface area (Å²) < 4.78 is 0. The molecule has 0 spiro atoms. The standard InChI is InChI=1S/C26H27ClN4O/c27-23-12-6-4-10-21(23)25-28-26(32)22-11-5-7-13-24(22)31(25)19-16-29-14-17-30(18-15-29)20-8-2-1-3-9-20/h1-13,25H,14-19H2,(H,28,32). The van der Waals surface area contributed by atoms with Gasteiger partial charge in [-0.3, -0.25) is 9.69 Å². The molecule has 3 aromatic carbocycles. The number of carbonyl (C=O) groups is 1. The summed E-state index contributed by atoms with van der Waals surface area (Å²) in [7, 11) is 0. The Bertz CT molecular complexity index is 1080. The van der Waals surface area contributed by atoms with Gasteiger partial charge in [0.2, 0.25) is 0 Å². The fourth-order valence-electron chi connectivity index (χ4n) is 4.64. The summed E-state index contributed by atoms with van der Waals surface area (Å²) in [5.74, 6) is -0.0572. The van der Waals surface area contributed by atoms with Crippen molar-refractivity contribution in [3.8, 4) is 0 Å². The lowest BCUT2D eigenvalue weighted by molar-refractivity contribution is 0.0925. The summed E-state index contributed by atoms with van der Waals surface area (Å²) in [6, 6.07) is 26.2. The molecule has 5 nitrogen and oxygen atoms in total. The lowest BCUT2D eigenvalue weighted by Gasteiger charge is -2.42. The SMILES string of the molecule is O=C1NC(c2ccccc2Cl)N(CCN2CCN(c3ccccc3)CC2)c2ccccc21. The number of amides is 1. The van der Waals surface area contributed by atoms with Crippen LogP contribution in [0.4, 0.5) is 11.4 Å². The normalized spacial score (nSPS) is 18.9. The lowest BCUT2D eigenvalue weighted by atomic mass is 10.0. The van der Waals surface area contributed by atoms with Gasteiger partial charge in [-0.2, -0.15) is 0 Å². The van der Waals surface area contributed by atoms with Crippen LogP contribution in [0.25, 0.3) is 0 Å². The lowest BCUT2D eigenvalue weighted by Crippen LogP contribution is -2.52. The minimum absolute atomic E-state index is 0.0572. The van der Waals surface area contributed by atoms with Gasteiger partial charge in [-0.05, 0) is 30.3 Å². The average molecular weight is 447 g/mol. The molecule has 32 heavy (non-hydrogen) atoms. The highest BCUT2D eigenvalue weighted by Gasteiger charge is 2.32. The summed E-state index contributed by atoms with van der Waals surface area (Å²) in [6.45, 7) is 5.81. The van der Waals surface area contributed by atoms with E-state index in [1.807, 2.05) is 48.5 Å². The van der Waals surface area contributed by atoms with E-state index >= 15 is 0 Å². The number of para-hydroxylation sites is 2. The van der Waals surface area contributed by atoms with Gasteiger partial charge in [0.1, 0.15) is 6.17 Å². The highest BCUT2D eigenvalue weighted by Crippen LogP contribution is 2.35. The first kappa shape index (κ1) is 20.9. The fraction of sp³-hybridized carbons (Fsp3) is 0.269. The molecule has 3 aromatic rings. The molecule has 0 bridgehead atoms. The number of benzene rings is 3. The van der Waals surface area contributed by atoms with Gasteiger partial charge in [0, 0.05) is 55.5 Å². The number of halogens is 1. The zero-order chi connectivity index (χ0) is 21.9. The number of hydrogen-bond donors (Lipinski definition) is 1. The number of rotatable bonds is 5. The fourth-order valence-corrected chi connectivity index (χ4v) is 4.88. The molecule has 2 aliphatic heterocycles. The van der Waals surface area contributed by atoms with E-state index < -0.39 is 0 Å². The molecule has 1 N–H and O–H groups in total. The van der Waals surface area contributed by atoms with Gasteiger partial charge < -0.3 is 15.1 Å². The third-order valence-electron chi connectivity index (χ3n) is 6.39. The van der Waals surface area contributed by atoms with E-state index in [1.165, 1.54) is 5.69 Å². The van der Waals surface area contributed by atoms with Crippen molar-refractivity contribution < 1.29 is 4.79 Å². The van der Waals surface area contributed by atoms with Crippen LogP contribution < -0.4 is 15.1 Å². The summed E-state index contributed by atoms with van der Waals surface area (Å²) in [4.78, 5) is 20.0. The van der Waals surface area contributed by atoms with Gasteiger partial charge in [-0.25, -0.2) is 0 Å². The van der Waals surface area contributed by atoms with Gasteiger partial charge in [-0.1, -0.05) is 60.1 Å². The second kappa shape index (κ2) is 9.23. The minimum atomic E-state index is -0.281. The van der Waals surface area contributed by atoms with Crippen LogP contribution in [0.5, 0.6) is 0 Å². The Balaban J connectivity index is 1.32. The predicted molar refractivity (Wildman–Crippen MR) is 131 cm³/mol. The quantitative estimate of drug-likeness (QED) is 0.630. The Morgan fingerprint density at radius 2 is 1.50 bits per heavy atom. The Kier molecular flexibility index (Phi) is 6.02. The van der Waals surface area contributed by atoms with E-state index in [2.05, 4.69) is 50.3 Å². The first-order valence-corrected chi connectivity index (χ1v) is 11.5. The van der Waals surface area contributed by atoms with Crippen LogP contribution in [-0.4, -0.2) is 50.1 Å². The minimum Gasteiger partial charge on any atom is -0.369 e. The molecule has 2 aliphatic rings. The number of hydrogen-bond acceptors (Lipinski definition) is 4. The molecular weight excluding hydrogens is 420 g/mol. The van der Waals surface area contributed by atoms with E-state index in [0.29, 0.717) is 10.6 Å². The van der Waals surface area contributed by atoms with Gasteiger partial charge in [0.15, 0.2) is 0 Å². The second-order valence-electron chi connectivity index (χ2n) is 8.27. The van der Waals surface area contributed by atoms with E-state index in [9.17, 15) is 4.79 Å². The molecule has 0 radical (unpaired) electrons. The monoisotopic (exact) mass is 446 g/mol. The van der Waals surface area contributed by atoms with Crippen molar-refractivity contribution >= 4 is 28.9 Å². The van der Waals surface area contributed by atoms with Crippen LogP contribution in [0.15, 0.2) is 78.9 Å². The molecule has 5 rings (SSSR count). The van der Waals surface area contributed by atoms with Crippen LogP contribution in [0.3, 0.4) is 0 Å². The topological polar surface area (TPSA) is 38.8 Å². The molecule has 0 aromatic heterocycles. The summed E-state index contributed by atoms with van der Waals surface area (Å²) in [6.07, 6.45) is -0.281. The van der Waals surface area contributed by atoms with Gasteiger partial charge in [0.25, 0.3) is 5.91 Å². The van der Waals surface area contributed by atoms with Crippen LogP contribution >= 0.6 is 11.6 Å². The van der Waals surface area contributed by atoms with Crippen molar-refractivity contribution in [2.45, 2.75) is 6.17 Å². The molecule has 6 heteroatoms. The van der Waals surface area contributed by atoms with Crippen molar-refractivity contribution in [3.63, 3.8) is 0 Å². The maximum atomic E-state index is 12.8. The Labute approximate surface area is 194 Å². The summed E-state index contributed by atoms with van der Waals surface area (Å²) >= 11 is 6.53. The molecule has 0 saturated carbocycles. The van der Waals surface area contributed by atoms with Crippen molar-refractivity contribution in [2.24, 2.45) is 0 Å². The maximum Gasteiger partial charge on any atom is 0.255 e. The van der Waals surface area contributed by atoms with Crippen molar-refractivity contribution in [2.75, 3.05) is 49.1 Å². The van der Waals surface area contributed by atoms with E-state index in [4.69, 9.17) is 11.6 Å². The molecular formula is C26H27ClN4O. The highest BCUT2D eigenvalue weighted by atomic mass is 35.5. The summed E-state index contributed by atoms with van der Waals surface area (Å²) in [5, 5.41) is 3.84. The van der Waals surface area contributed by atoms with E-state index in [0.717, 1.165) is 50.5 Å². The molecule has 1 fully saturated rings. The number of nitrogens with one attached hydrogen (secondary N) is 1. The van der Waals surface area contributed by atoms with Gasteiger partial charge in [-0.15, -0.1) is 0 Å². The number of carbonyl (C=O) groups excluding carboxylic acids is 1. The van der Waals surface area contributed by atoms with E-state index in [-0.39, 0.29) is 12.1 Å². The van der Waals surface area contributed by atoms with Crippen LogP contribution in [-0.2, 0) is 0 Å². The molecule has 1 saturated heterocycles. The number of nitrogens with zero attached hydrogens (tertiary/aromatic N) is 3. The zero-order valence-corrected chi connectivity index (χ0v) is 18.7. The molecule has 1 atom stereocenters. The van der Waals surface area contributed by atoms with Gasteiger partial charge >= 0.3 is 0 Å².